The molecule has 3 aliphatic rings. The minimum atomic E-state index is -0.340. The van der Waals surface area contributed by atoms with Crippen molar-refractivity contribution in [2.75, 3.05) is 13.1 Å². The third-order valence-corrected chi connectivity index (χ3v) is 8.67. The first-order valence-corrected chi connectivity index (χ1v) is 12.9. The molecule has 2 aromatic heterocycles. The number of hydrogen-bond donors (Lipinski definition) is 3. The molecule has 0 saturated carbocycles. The summed E-state index contributed by atoms with van der Waals surface area (Å²) in [6.07, 6.45) is 2.69. The molecule has 1 unspecified atom stereocenters. The molecule has 1 fully saturated rings. The van der Waals surface area contributed by atoms with Crippen LogP contribution in [0.1, 0.15) is 39.1 Å². The second-order valence-electron chi connectivity index (χ2n) is 10.7. The number of fused-ring (bicyclic) bond motifs is 10. The number of hydrogen-bond acceptors (Lipinski definition) is 4. The van der Waals surface area contributed by atoms with Crippen LogP contribution in [0.2, 0.25) is 0 Å². The molecular formula is C29H25N5O3. The summed E-state index contributed by atoms with van der Waals surface area (Å²) < 4.78 is 2.34. The smallest absolute Gasteiger partial charge is 0.259 e. The Hall–Kier alpha value is -4.17. The molecule has 8 heteroatoms. The number of rotatable bonds is 3. The van der Waals surface area contributed by atoms with E-state index in [2.05, 4.69) is 31.9 Å². The van der Waals surface area contributed by atoms with Crippen LogP contribution in [-0.2, 0) is 17.8 Å². The van der Waals surface area contributed by atoms with Crippen LogP contribution in [0.15, 0.2) is 42.5 Å². The number of carbonyl (C=O) groups excluding carboxylic acids is 3. The van der Waals surface area contributed by atoms with E-state index < -0.39 is 0 Å². The summed E-state index contributed by atoms with van der Waals surface area (Å²) in [7, 11) is 0. The van der Waals surface area contributed by atoms with Crippen LogP contribution in [-0.4, -0.2) is 51.3 Å². The highest BCUT2D eigenvalue weighted by molar-refractivity contribution is 6.39. The third kappa shape index (κ3) is 2.68. The van der Waals surface area contributed by atoms with Gasteiger partial charge in [-0.05, 0) is 43.4 Å². The maximum absolute atomic E-state index is 13.2. The highest BCUT2D eigenvalue weighted by Gasteiger charge is 2.38. The Morgan fingerprint density at radius 1 is 0.973 bits per heavy atom. The third-order valence-electron chi connectivity index (χ3n) is 8.67. The normalized spacial score (nSPS) is 21.5. The van der Waals surface area contributed by atoms with Crippen molar-refractivity contribution in [1.82, 2.24) is 19.8 Å². The molecule has 0 aliphatic carbocycles. The fourth-order valence-corrected chi connectivity index (χ4v) is 7.31. The molecular weight excluding hydrogens is 466 g/mol. The number of nitrogens with two attached hydrogens (primary N) is 1. The number of para-hydroxylation sites is 2. The number of nitrogens with one attached hydrogen (secondary N) is 2. The summed E-state index contributed by atoms with van der Waals surface area (Å²) in [5.41, 5.74) is 11.8. The maximum atomic E-state index is 13.2. The summed E-state index contributed by atoms with van der Waals surface area (Å²) in [5, 5.41) is 6.15. The summed E-state index contributed by atoms with van der Waals surface area (Å²) >= 11 is 0. The first kappa shape index (κ1) is 21.0. The molecule has 0 bridgehead atoms. The van der Waals surface area contributed by atoms with Crippen molar-refractivity contribution in [1.29, 1.82) is 0 Å². The standard InChI is InChI=1S/C29H25N5O3/c30-27(35)19-9-4-10-33(19)12-14-11-15-5-3-7-17-21-23-22(28(36)32-29(23)37)20-16-6-1-2-8-18(16)31-24(20)26(21)34(13-14)25(15)17/h1-3,5-8,14,19,31H,4,9-13H2,(H2,30,35)(H,32,36,37)/t14?,19-/m0/s1. The molecule has 0 spiro atoms. The average molecular weight is 492 g/mol. The Balaban J connectivity index is 1.42. The lowest BCUT2D eigenvalue weighted by atomic mass is 9.93. The average Bonchev–Trinajstić information content (AvgIpc) is 3.63. The van der Waals surface area contributed by atoms with Crippen LogP contribution in [0, 0.1) is 5.92 Å². The van der Waals surface area contributed by atoms with Gasteiger partial charge in [-0.1, -0.05) is 36.4 Å². The van der Waals surface area contributed by atoms with Gasteiger partial charge in [0.2, 0.25) is 5.91 Å². The quantitative estimate of drug-likeness (QED) is 0.336. The molecule has 4 N–H and O–H groups in total. The SMILES string of the molecule is NC(=O)[C@@H]1CCCN1CC1Cc2cccc3c4c5c(c6c7ccccc7[nH]c6c4n(c23)C1)C(=O)NC5=O. The van der Waals surface area contributed by atoms with Gasteiger partial charge in [0.1, 0.15) is 0 Å². The number of benzene rings is 3. The van der Waals surface area contributed by atoms with E-state index in [0.717, 1.165) is 82.5 Å². The lowest BCUT2D eigenvalue weighted by Gasteiger charge is -2.31. The van der Waals surface area contributed by atoms with E-state index in [4.69, 9.17) is 5.73 Å². The number of amides is 3. The maximum Gasteiger partial charge on any atom is 0.259 e. The highest BCUT2D eigenvalue weighted by atomic mass is 16.2. The lowest BCUT2D eigenvalue weighted by Crippen LogP contribution is -2.43. The molecule has 184 valence electrons. The second-order valence-corrected chi connectivity index (χ2v) is 10.7. The zero-order valence-corrected chi connectivity index (χ0v) is 20.1. The van der Waals surface area contributed by atoms with Gasteiger partial charge in [0, 0.05) is 40.2 Å². The van der Waals surface area contributed by atoms with Crippen molar-refractivity contribution in [3.63, 3.8) is 0 Å². The van der Waals surface area contributed by atoms with Gasteiger partial charge in [0.15, 0.2) is 0 Å². The van der Waals surface area contributed by atoms with E-state index in [1.807, 2.05) is 30.3 Å². The van der Waals surface area contributed by atoms with Gasteiger partial charge in [0.25, 0.3) is 11.8 Å². The van der Waals surface area contributed by atoms with Crippen molar-refractivity contribution in [2.45, 2.75) is 31.8 Å². The van der Waals surface area contributed by atoms with Gasteiger partial charge in [-0.15, -0.1) is 0 Å². The van der Waals surface area contributed by atoms with Crippen LogP contribution >= 0.6 is 0 Å². The lowest BCUT2D eigenvalue weighted by molar-refractivity contribution is -0.122. The number of H-pyrrole nitrogens is 1. The Labute approximate surface area is 211 Å². The predicted octanol–water partition coefficient (Wildman–Crippen LogP) is 3.43. The number of aromatic nitrogens is 2. The van der Waals surface area contributed by atoms with E-state index in [-0.39, 0.29) is 29.7 Å². The van der Waals surface area contributed by atoms with Crippen molar-refractivity contribution < 1.29 is 14.4 Å². The number of primary amides is 1. The molecule has 3 aromatic carbocycles. The zero-order valence-electron chi connectivity index (χ0n) is 20.1. The fourth-order valence-electron chi connectivity index (χ4n) is 7.31. The highest BCUT2D eigenvalue weighted by Crippen LogP contribution is 2.45. The van der Waals surface area contributed by atoms with Gasteiger partial charge in [0.05, 0.1) is 33.7 Å². The van der Waals surface area contributed by atoms with Gasteiger partial charge < -0.3 is 15.3 Å². The van der Waals surface area contributed by atoms with E-state index >= 15 is 0 Å². The Bertz CT molecular complexity index is 1860. The minimum Gasteiger partial charge on any atom is -0.368 e. The number of carbonyl (C=O) groups is 3. The molecule has 3 amide bonds. The van der Waals surface area contributed by atoms with Crippen LogP contribution in [0.25, 0.3) is 43.6 Å². The fraction of sp³-hybridized carbons (Fsp3) is 0.276. The van der Waals surface area contributed by atoms with E-state index in [1.165, 1.54) is 5.56 Å². The van der Waals surface area contributed by atoms with Crippen LogP contribution < -0.4 is 11.1 Å². The molecule has 0 radical (unpaired) electrons. The molecule has 37 heavy (non-hydrogen) atoms. The monoisotopic (exact) mass is 491 g/mol. The number of aromatic amines is 1. The van der Waals surface area contributed by atoms with Crippen LogP contribution in [0.5, 0.6) is 0 Å². The van der Waals surface area contributed by atoms with Crippen molar-refractivity contribution in [2.24, 2.45) is 11.7 Å². The topological polar surface area (TPSA) is 113 Å². The van der Waals surface area contributed by atoms with Crippen molar-refractivity contribution in [3.05, 3.63) is 59.2 Å². The van der Waals surface area contributed by atoms with E-state index in [0.29, 0.717) is 11.1 Å². The number of nitrogens with zero attached hydrogens (tertiary/aromatic N) is 2. The predicted molar refractivity (Wildman–Crippen MR) is 142 cm³/mol. The Morgan fingerprint density at radius 3 is 2.59 bits per heavy atom. The molecule has 5 heterocycles. The summed E-state index contributed by atoms with van der Waals surface area (Å²) in [4.78, 5) is 44.2. The molecule has 1 saturated heterocycles. The van der Waals surface area contributed by atoms with Crippen molar-refractivity contribution >= 4 is 61.3 Å². The first-order chi connectivity index (χ1) is 18.0. The Kier molecular flexibility index (Phi) is 4.08. The van der Waals surface area contributed by atoms with Gasteiger partial charge in [-0.2, -0.15) is 0 Å². The van der Waals surface area contributed by atoms with Gasteiger partial charge in [-0.3, -0.25) is 24.6 Å². The summed E-state index contributed by atoms with van der Waals surface area (Å²) in [6, 6.07) is 14.0. The number of imide groups is 1. The first-order valence-electron chi connectivity index (χ1n) is 12.9. The van der Waals surface area contributed by atoms with Crippen LogP contribution in [0.3, 0.4) is 0 Å². The van der Waals surface area contributed by atoms with Crippen LogP contribution in [0.4, 0.5) is 0 Å². The van der Waals surface area contributed by atoms with Crippen molar-refractivity contribution in [3.8, 4) is 0 Å². The minimum absolute atomic E-state index is 0.197. The molecule has 8 rings (SSSR count). The summed E-state index contributed by atoms with van der Waals surface area (Å²) in [6.45, 7) is 2.44. The molecule has 2 atom stereocenters. The van der Waals surface area contributed by atoms with Gasteiger partial charge >= 0.3 is 0 Å². The molecule has 3 aliphatic heterocycles. The van der Waals surface area contributed by atoms with Gasteiger partial charge in [-0.25, -0.2) is 0 Å². The second kappa shape index (κ2) is 7.20. The summed E-state index contributed by atoms with van der Waals surface area (Å²) in [5.74, 6) is -0.628. The molecule has 5 aromatic rings. The largest absolute Gasteiger partial charge is 0.368 e. The van der Waals surface area contributed by atoms with E-state index in [9.17, 15) is 14.4 Å². The Morgan fingerprint density at radius 2 is 1.76 bits per heavy atom. The zero-order chi connectivity index (χ0) is 25.0. The number of likely N-dealkylation sites (tertiary alicyclic amines) is 1. The molecule has 8 nitrogen and oxygen atoms in total. The van der Waals surface area contributed by atoms with E-state index in [1.54, 1.807) is 0 Å².